The maximum absolute atomic E-state index is 11.6. The van der Waals surface area contributed by atoms with Crippen molar-refractivity contribution < 1.29 is 23.9 Å². The van der Waals surface area contributed by atoms with Crippen LogP contribution in [0.3, 0.4) is 0 Å². The molecule has 4 atom stereocenters. The Morgan fingerprint density at radius 2 is 2.14 bits per heavy atom. The second kappa shape index (κ2) is 6.46. The Labute approximate surface area is 130 Å². The summed E-state index contributed by atoms with van der Waals surface area (Å²) in [6.07, 6.45) is 2.71. The standard InChI is InChI=1S/C17H22O5/c1-9-7-15-14(11(3)17(20)22-15)6-5-13(9)16(8-10(2)18)21-12(4)19/h5,9,14-16H,3,6-8H2,1-2,4H3/t9-,14-,15+,16-/m0/s1. The number of ether oxygens (including phenoxy) is 2. The van der Waals surface area contributed by atoms with E-state index in [9.17, 15) is 14.4 Å². The van der Waals surface area contributed by atoms with E-state index < -0.39 is 12.1 Å². The van der Waals surface area contributed by atoms with Crippen LogP contribution < -0.4 is 0 Å². The van der Waals surface area contributed by atoms with E-state index in [1.54, 1.807) is 0 Å². The Hall–Kier alpha value is -1.91. The molecule has 0 bridgehead atoms. The third-order valence-electron chi connectivity index (χ3n) is 4.33. The maximum Gasteiger partial charge on any atom is 0.334 e. The van der Waals surface area contributed by atoms with Gasteiger partial charge in [0, 0.05) is 24.8 Å². The molecule has 120 valence electrons. The molecule has 5 heteroatoms. The number of carbonyl (C=O) groups is 3. The molecule has 0 radical (unpaired) electrons. The lowest BCUT2D eigenvalue weighted by molar-refractivity contribution is -0.145. The zero-order valence-corrected chi connectivity index (χ0v) is 13.3. The highest BCUT2D eigenvalue weighted by atomic mass is 16.6. The Morgan fingerprint density at radius 3 is 2.73 bits per heavy atom. The van der Waals surface area contributed by atoms with E-state index >= 15 is 0 Å². The van der Waals surface area contributed by atoms with Crippen LogP contribution in [0.5, 0.6) is 0 Å². The highest BCUT2D eigenvalue weighted by Crippen LogP contribution is 2.39. The summed E-state index contributed by atoms with van der Waals surface area (Å²) in [5.41, 5.74) is 1.44. The molecule has 1 aliphatic carbocycles. The SMILES string of the molecule is C=C1C(=O)O[C@@H]2C[C@H](C)C([C@H](CC(C)=O)OC(C)=O)=CC[C@@H]12. The molecular weight excluding hydrogens is 284 g/mol. The minimum Gasteiger partial charge on any atom is -0.458 e. The summed E-state index contributed by atoms with van der Waals surface area (Å²) in [5.74, 6) is -0.710. The maximum atomic E-state index is 11.6. The van der Waals surface area contributed by atoms with Crippen molar-refractivity contribution in [2.45, 2.75) is 52.2 Å². The van der Waals surface area contributed by atoms with Crippen molar-refractivity contribution in [2.75, 3.05) is 0 Å². The van der Waals surface area contributed by atoms with E-state index in [0.717, 1.165) is 5.57 Å². The number of allylic oxidation sites excluding steroid dienone is 1. The summed E-state index contributed by atoms with van der Waals surface area (Å²) in [7, 11) is 0. The average molecular weight is 306 g/mol. The highest BCUT2D eigenvalue weighted by Gasteiger charge is 2.41. The molecule has 0 aromatic rings. The first kappa shape index (κ1) is 16.5. The van der Waals surface area contributed by atoms with Crippen LogP contribution in [0.25, 0.3) is 0 Å². The summed E-state index contributed by atoms with van der Waals surface area (Å²) < 4.78 is 10.7. The van der Waals surface area contributed by atoms with Crippen molar-refractivity contribution in [2.24, 2.45) is 11.8 Å². The van der Waals surface area contributed by atoms with Crippen LogP contribution in [-0.2, 0) is 23.9 Å². The fourth-order valence-electron chi connectivity index (χ4n) is 3.26. The second-order valence-corrected chi connectivity index (χ2v) is 6.16. The van der Waals surface area contributed by atoms with E-state index in [1.165, 1.54) is 13.8 Å². The molecule has 0 N–H and O–H groups in total. The minimum absolute atomic E-state index is 0.0252. The van der Waals surface area contributed by atoms with Crippen molar-refractivity contribution in [3.05, 3.63) is 23.8 Å². The Bertz CT molecular complexity index is 529. The number of carbonyl (C=O) groups excluding carboxylic acids is 3. The van der Waals surface area contributed by atoms with E-state index in [-0.39, 0.29) is 36.1 Å². The predicted molar refractivity (Wildman–Crippen MR) is 79.8 cm³/mol. The van der Waals surface area contributed by atoms with Crippen LogP contribution in [-0.4, -0.2) is 29.9 Å². The normalized spacial score (nSPS) is 29.0. The lowest BCUT2D eigenvalue weighted by Crippen LogP contribution is -2.26. The minimum atomic E-state index is -0.534. The lowest BCUT2D eigenvalue weighted by atomic mass is 9.89. The first-order chi connectivity index (χ1) is 10.3. The van der Waals surface area contributed by atoms with Crippen LogP contribution in [0.1, 0.15) is 40.0 Å². The highest BCUT2D eigenvalue weighted by molar-refractivity contribution is 5.90. The van der Waals surface area contributed by atoms with Gasteiger partial charge in [-0.3, -0.25) is 9.59 Å². The zero-order valence-electron chi connectivity index (χ0n) is 13.3. The lowest BCUT2D eigenvalue weighted by Gasteiger charge is -2.24. The van der Waals surface area contributed by atoms with Gasteiger partial charge in [0.25, 0.3) is 0 Å². The fraction of sp³-hybridized carbons (Fsp3) is 0.588. The van der Waals surface area contributed by atoms with Gasteiger partial charge in [0.1, 0.15) is 18.0 Å². The molecule has 1 heterocycles. The molecule has 1 fully saturated rings. The smallest absolute Gasteiger partial charge is 0.334 e. The van der Waals surface area contributed by atoms with Gasteiger partial charge in [0.15, 0.2) is 0 Å². The second-order valence-electron chi connectivity index (χ2n) is 6.16. The van der Waals surface area contributed by atoms with Crippen LogP contribution >= 0.6 is 0 Å². The zero-order chi connectivity index (χ0) is 16.4. The van der Waals surface area contributed by atoms with Gasteiger partial charge in [-0.1, -0.05) is 19.6 Å². The topological polar surface area (TPSA) is 69.7 Å². The third kappa shape index (κ3) is 3.46. The molecule has 0 aromatic heterocycles. The summed E-state index contributed by atoms with van der Waals surface area (Å²) in [4.78, 5) is 34.4. The first-order valence-corrected chi connectivity index (χ1v) is 7.56. The number of Topliss-reactive ketones (excluding diaryl/α,β-unsaturated/α-hetero) is 1. The van der Waals surface area contributed by atoms with Gasteiger partial charge < -0.3 is 9.47 Å². The van der Waals surface area contributed by atoms with Gasteiger partial charge >= 0.3 is 11.9 Å². The summed E-state index contributed by atoms with van der Waals surface area (Å²) in [6.45, 7) is 8.63. The number of fused-ring (bicyclic) bond motifs is 1. The van der Waals surface area contributed by atoms with E-state index in [0.29, 0.717) is 18.4 Å². The van der Waals surface area contributed by atoms with Gasteiger partial charge in [-0.15, -0.1) is 0 Å². The molecule has 2 aliphatic rings. The van der Waals surface area contributed by atoms with Gasteiger partial charge in [-0.05, 0) is 31.3 Å². The van der Waals surface area contributed by atoms with E-state index in [4.69, 9.17) is 9.47 Å². The summed E-state index contributed by atoms with van der Waals surface area (Å²) in [5, 5.41) is 0. The Kier molecular flexibility index (Phi) is 4.84. The van der Waals surface area contributed by atoms with Gasteiger partial charge in [-0.25, -0.2) is 4.79 Å². The van der Waals surface area contributed by atoms with Gasteiger partial charge in [0.05, 0.1) is 0 Å². The summed E-state index contributed by atoms with van der Waals surface area (Å²) >= 11 is 0. The molecule has 0 spiro atoms. The van der Waals surface area contributed by atoms with Crippen molar-refractivity contribution >= 4 is 17.7 Å². The number of hydrogen-bond acceptors (Lipinski definition) is 5. The molecule has 1 saturated heterocycles. The van der Waals surface area contributed by atoms with Crippen LogP contribution in [0, 0.1) is 11.8 Å². The van der Waals surface area contributed by atoms with Crippen molar-refractivity contribution in [3.8, 4) is 0 Å². The molecule has 5 nitrogen and oxygen atoms in total. The largest absolute Gasteiger partial charge is 0.458 e. The van der Waals surface area contributed by atoms with E-state index in [2.05, 4.69) is 6.58 Å². The molecule has 22 heavy (non-hydrogen) atoms. The predicted octanol–water partition coefficient (Wildman–Crippen LogP) is 2.35. The third-order valence-corrected chi connectivity index (χ3v) is 4.33. The molecular formula is C17H22O5. The molecule has 1 aliphatic heterocycles. The fourth-order valence-corrected chi connectivity index (χ4v) is 3.26. The van der Waals surface area contributed by atoms with Crippen LogP contribution in [0.4, 0.5) is 0 Å². The van der Waals surface area contributed by atoms with Crippen LogP contribution in [0.2, 0.25) is 0 Å². The average Bonchev–Trinajstić information content (AvgIpc) is 2.56. The van der Waals surface area contributed by atoms with Gasteiger partial charge in [0.2, 0.25) is 0 Å². The van der Waals surface area contributed by atoms with Gasteiger partial charge in [-0.2, -0.15) is 0 Å². The molecule has 2 rings (SSSR count). The molecule has 0 saturated carbocycles. The quantitative estimate of drug-likeness (QED) is 0.453. The van der Waals surface area contributed by atoms with E-state index in [1.807, 2.05) is 13.0 Å². The molecule has 0 amide bonds. The number of esters is 2. The van der Waals surface area contributed by atoms with Crippen molar-refractivity contribution in [1.82, 2.24) is 0 Å². The Morgan fingerprint density at radius 1 is 1.45 bits per heavy atom. The summed E-state index contributed by atoms with van der Waals surface area (Å²) in [6, 6.07) is 0. The first-order valence-electron chi connectivity index (χ1n) is 7.56. The van der Waals surface area contributed by atoms with Crippen molar-refractivity contribution in [1.29, 1.82) is 0 Å². The number of hydrogen-bond donors (Lipinski definition) is 0. The molecule has 0 unspecified atom stereocenters. The number of ketones is 1. The Balaban J connectivity index is 2.23. The monoisotopic (exact) mass is 306 g/mol. The van der Waals surface area contributed by atoms with Crippen molar-refractivity contribution in [3.63, 3.8) is 0 Å². The molecule has 0 aromatic carbocycles. The number of rotatable bonds is 4. The van der Waals surface area contributed by atoms with Crippen LogP contribution in [0.15, 0.2) is 23.8 Å².